The number of fused-ring (bicyclic) bond motifs is 1. The molecule has 12 heteroatoms. The second-order valence-corrected chi connectivity index (χ2v) is 12.2. The molecule has 0 spiro atoms. The van der Waals surface area contributed by atoms with Crippen LogP contribution in [0.25, 0.3) is 5.57 Å². The maximum absolute atomic E-state index is 14.3. The molecule has 6 rings (SSSR count). The van der Waals surface area contributed by atoms with Gasteiger partial charge in [-0.2, -0.15) is 23.0 Å². The summed E-state index contributed by atoms with van der Waals surface area (Å²) in [6, 6.07) is 9.34. The minimum atomic E-state index is -4.57. The Morgan fingerprint density at radius 2 is 1.82 bits per heavy atom. The summed E-state index contributed by atoms with van der Waals surface area (Å²) in [7, 11) is 1.63. The first-order valence-corrected chi connectivity index (χ1v) is 14.9. The topological polar surface area (TPSA) is 105 Å². The maximum atomic E-state index is 14.3. The Bertz CT molecular complexity index is 1680. The molecule has 2 unspecified atom stereocenters. The normalized spacial score (nSPS) is 20.8. The first kappa shape index (κ1) is 30.1. The summed E-state index contributed by atoms with van der Waals surface area (Å²) in [5.74, 6) is -2.45. The molecule has 2 aromatic heterocycles. The Morgan fingerprint density at radius 1 is 1.07 bits per heavy atom. The average molecular weight is 627 g/mol. The number of hydrogen-bond donors (Lipinski definition) is 1. The number of carboxylic acid groups (broad SMARTS) is 1. The lowest BCUT2D eigenvalue weighted by Crippen LogP contribution is -2.37. The van der Waals surface area contributed by atoms with E-state index in [0.29, 0.717) is 49.3 Å². The van der Waals surface area contributed by atoms with Crippen LogP contribution in [0, 0.1) is 11.8 Å². The number of nitrogens with zero attached hydrogens (tertiary/aromatic N) is 4. The van der Waals surface area contributed by atoms with Crippen LogP contribution in [0.2, 0.25) is 5.02 Å². The van der Waals surface area contributed by atoms with E-state index in [4.69, 9.17) is 11.6 Å². The molecule has 0 bridgehead atoms. The van der Waals surface area contributed by atoms with E-state index in [-0.39, 0.29) is 41.3 Å². The van der Waals surface area contributed by atoms with Crippen molar-refractivity contribution in [3.63, 3.8) is 0 Å². The molecule has 2 atom stereocenters. The zero-order chi connectivity index (χ0) is 31.4. The number of aromatic nitrogens is 3. The zero-order valence-corrected chi connectivity index (χ0v) is 24.7. The first-order chi connectivity index (χ1) is 20.9. The van der Waals surface area contributed by atoms with Gasteiger partial charge in [-0.3, -0.25) is 19.3 Å². The highest BCUT2D eigenvalue weighted by molar-refractivity contribution is 6.34. The molecule has 1 amide bonds. The van der Waals surface area contributed by atoms with Crippen molar-refractivity contribution >= 4 is 40.8 Å². The quantitative estimate of drug-likeness (QED) is 0.347. The van der Waals surface area contributed by atoms with Gasteiger partial charge in [0, 0.05) is 31.1 Å². The zero-order valence-electron chi connectivity index (χ0n) is 23.9. The fraction of sp³-hybridized carbons (Fsp3) is 0.406. The Balaban J connectivity index is 1.43. The smallest absolute Gasteiger partial charge is 0.398 e. The van der Waals surface area contributed by atoms with Crippen molar-refractivity contribution in [3.05, 3.63) is 81.8 Å². The highest BCUT2D eigenvalue weighted by Crippen LogP contribution is 2.60. The van der Waals surface area contributed by atoms with Crippen LogP contribution < -0.4 is 4.90 Å². The lowest BCUT2D eigenvalue weighted by molar-refractivity contribution is -0.160. The number of aliphatic carboxylic acids is 1. The molecular formula is C32H30ClF3N4O4. The van der Waals surface area contributed by atoms with Crippen molar-refractivity contribution in [2.75, 3.05) is 11.9 Å². The summed E-state index contributed by atoms with van der Waals surface area (Å²) in [6.07, 6.45) is 0.683. The van der Waals surface area contributed by atoms with Gasteiger partial charge in [0.15, 0.2) is 0 Å². The van der Waals surface area contributed by atoms with Gasteiger partial charge in [0.05, 0.1) is 33.3 Å². The maximum Gasteiger partial charge on any atom is 0.398 e. The Hall–Kier alpha value is -3.99. The van der Waals surface area contributed by atoms with E-state index in [2.05, 4.69) is 10.1 Å². The highest BCUT2D eigenvalue weighted by atomic mass is 35.5. The molecule has 1 N–H and O–H groups in total. The van der Waals surface area contributed by atoms with Crippen LogP contribution in [0.5, 0.6) is 0 Å². The van der Waals surface area contributed by atoms with E-state index in [0.717, 1.165) is 15.8 Å². The van der Waals surface area contributed by atoms with Crippen LogP contribution >= 0.6 is 11.6 Å². The van der Waals surface area contributed by atoms with Crippen LogP contribution in [-0.4, -0.2) is 50.9 Å². The van der Waals surface area contributed by atoms with E-state index >= 15 is 0 Å². The van der Waals surface area contributed by atoms with Crippen molar-refractivity contribution < 1.29 is 32.7 Å². The Kier molecular flexibility index (Phi) is 7.63. The second kappa shape index (κ2) is 11.2. The van der Waals surface area contributed by atoms with Gasteiger partial charge in [0.1, 0.15) is 5.82 Å². The molecule has 0 radical (unpaired) electrons. The highest BCUT2D eigenvalue weighted by Gasteiger charge is 2.65. The Morgan fingerprint density at radius 3 is 2.43 bits per heavy atom. The minimum absolute atomic E-state index is 0.103. The van der Waals surface area contributed by atoms with E-state index in [9.17, 15) is 32.7 Å². The molecule has 44 heavy (non-hydrogen) atoms. The largest absolute Gasteiger partial charge is 0.481 e. The molecular weight excluding hydrogens is 597 g/mol. The van der Waals surface area contributed by atoms with Crippen LogP contribution in [0.4, 0.5) is 19.0 Å². The molecule has 8 nitrogen and oxygen atoms in total. The van der Waals surface area contributed by atoms with Crippen molar-refractivity contribution in [2.24, 2.45) is 11.8 Å². The average Bonchev–Trinajstić information content (AvgIpc) is 3.76. The number of amides is 1. The van der Waals surface area contributed by atoms with Crippen molar-refractivity contribution in [1.29, 1.82) is 0 Å². The van der Waals surface area contributed by atoms with Gasteiger partial charge in [-0.05, 0) is 74.3 Å². The van der Waals surface area contributed by atoms with E-state index in [1.807, 2.05) is 6.08 Å². The second-order valence-electron chi connectivity index (χ2n) is 11.8. The van der Waals surface area contributed by atoms with Crippen LogP contribution in [0.15, 0.2) is 48.7 Å². The number of pyridine rings is 1. The molecule has 0 saturated heterocycles. The number of carboxylic acids is 1. The first-order valence-electron chi connectivity index (χ1n) is 14.5. The number of allylic oxidation sites excluding steroid dienone is 2. The van der Waals surface area contributed by atoms with Gasteiger partial charge in [0.25, 0.3) is 5.91 Å². The number of rotatable bonds is 6. The SMILES string of the molecule is CN(C(=O)C1CCc2c(C3=CCC(C(=O)O)CC3)nn(C(=O)c3c(Cl)cccc3C3(C(F)(F)F)CC3)c2C1)c1ccccn1. The summed E-state index contributed by atoms with van der Waals surface area (Å²) in [4.78, 5) is 45.1. The summed E-state index contributed by atoms with van der Waals surface area (Å²) in [5.41, 5.74) is -0.0703. The Labute approximate surface area is 256 Å². The number of halogens is 4. The van der Waals surface area contributed by atoms with E-state index in [1.165, 1.54) is 23.1 Å². The molecule has 3 aliphatic rings. The van der Waals surface area contributed by atoms with Crippen molar-refractivity contribution in [2.45, 2.75) is 63.0 Å². The fourth-order valence-electron chi connectivity index (χ4n) is 6.54. The van der Waals surface area contributed by atoms with Gasteiger partial charge in [-0.1, -0.05) is 35.9 Å². The molecule has 1 saturated carbocycles. The van der Waals surface area contributed by atoms with Gasteiger partial charge < -0.3 is 5.11 Å². The van der Waals surface area contributed by atoms with E-state index < -0.39 is 35.3 Å². The van der Waals surface area contributed by atoms with E-state index in [1.54, 1.807) is 31.4 Å². The monoisotopic (exact) mass is 626 g/mol. The van der Waals surface area contributed by atoms with Gasteiger partial charge in [-0.25, -0.2) is 4.98 Å². The van der Waals surface area contributed by atoms with Crippen LogP contribution in [0.1, 0.15) is 71.4 Å². The van der Waals surface area contributed by atoms with Gasteiger partial charge in [0.2, 0.25) is 5.91 Å². The number of benzene rings is 1. The number of anilines is 1. The third kappa shape index (κ3) is 5.10. The lowest BCUT2D eigenvalue weighted by Gasteiger charge is -2.27. The summed E-state index contributed by atoms with van der Waals surface area (Å²) >= 11 is 6.47. The third-order valence-electron chi connectivity index (χ3n) is 9.24. The van der Waals surface area contributed by atoms with Crippen LogP contribution in [-0.2, 0) is 27.8 Å². The fourth-order valence-corrected chi connectivity index (χ4v) is 6.79. The molecule has 1 aromatic carbocycles. The molecule has 0 aliphatic heterocycles. The number of carbonyl (C=O) groups excluding carboxylic acids is 2. The molecule has 230 valence electrons. The third-order valence-corrected chi connectivity index (χ3v) is 9.55. The number of hydrogen-bond acceptors (Lipinski definition) is 5. The molecule has 3 aromatic rings. The summed E-state index contributed by atoms with van der Waals surface area (Å²) in [5, 5.41) is 14.0. The van der Waals surface area contributed by atoms with Crippen LogP contribution in [0.3, 0.4) is 0 Å². The van der Waals surface area contributed by atoms with Gasteiger partial charge in [-0.15, -0.1) is 0 Å². The van der Waals surface area contributed by atoms with Gasteiger partial charge >= 0.3 is 12.1 Å². The summed E-state index contributed by atoms with van der Waals surface area (Å²) < 4.78 is 43.9. The number of carbonyl (C=O) groups is 3. The predicted molar refractivity (Wildman–Crippen MR) is 156 cm³/mol. The van der Waals surface area contributed by atoms with Crippen molar-refractivity contribution in [3.8, 4) is 0 Å². The summed E-state index contributed by atoms with van der Waals surface area (Å²) in [6.45, 7) is 0. The molecule has 2 heterocycles. The molecule has 3 aliphatic carbocycles. The lowest BCUT2D eigenvalue weighted by atomic mass is 9.82. The minimum Gasteiger partial charge on any atom is -0.481 e. The molecule has 1 fully saturated rings. The predicted octanol–water partition coefficient (Wildman–Crippen LogP) is 6.25. The number of alkyl halides is 3. The standard InChI is InChI=1S/C32H30ClF3N4O4/c1-39(25-7-2-3-16-37-25)28(41)20-12-13-21-24(17-20)40(38-27(21)18-8-10-19(11-9-18)30(43)44)29(42)26-22(5-4-6-23(26)33)31(14-15-31)32(34,35)36/h2-8,16,19-20H,9-15,17H2,1H3,(H,43,44). The van der Waals surface area contributed by atoms with Crippen molar-refractivity contribution in [1.82, 2.24) is 14.8 Å².